The van der Waals surface area contributed by atoms with Gasteiger partial charge in [-0.1, -0.05) is 63.3 Å². The van der Waals surface area contributed by atoms with Crippen molar-refractivity contribution < 1.29 is 5.11 Å². The molecule has 2 rings (SSSR count). The molecule has 2 unspecified atom stereocenters. The molecule has 0 saturated carbocycles. The second kappa shape index (κ2) is 6.11. The molecule has 1 aromatic heterocycles. The van der Waals surface area contributed by atoms with Crippen LogP contribution < -0.4 is 0 Å². The van der Waals surface area contributed by atoms with E-state index in [0.29, 0.717) is 6.54 Å². The molecule has 0 aliphatic rings. The van der Waals surface area contributed by atoms with Gasteiger partial charge in [-0.05, 0) is 11.1 Å². The molecule has 2 aromatic rings. The molecule has 0 fully saturated rings. The smallest absolute Gasteiger partial charge is 0.137 e. The van der Waals surface area contributed by atoms with Crippen LogP contribution in [0.25, 0.3) is 0 Å². The fourth-order valence-electron chi connectivity index (χ4n) is 3.36. The largest absolute Gasteiger partial charge is 0.383 e. The highest BCUT2D eigenvalue weighted by Crippen LogP contribution is 2.44. The predicted molar refractivity (Wildman–Crippen MR) is 87.7 cm³/mol. The second-order valence-electron chi connectivity index (χ2n) is 6.71. The van der Waals surface area contributed by atoms with Crippen LogP contribution in [0.3, 0.4) is 0 Å². The molecule has 5 heteroatoms. The van der Waals surface area contributed by atoms with Crippen molar-refractivity contribution >= 4 is 8.07 Å². The molecule has 0 aliphatic carbocycles. The van der Waals surface area contributed by atoms with Crippen molar-refractivity contribution in [3.63, 3.8) is 0 Å². The summed E-state index contributed by atoms with van der Waals surface area (Å²) in [4.78, 5) is 4.00. The van der Waals surface area contributed by atoms with Crippen LogP contribution in [-0.2, 0) is 12.1 Å². The van der Waals surface area contributed by atoms with E-state index >= 15 is 0 Å². The minimum absolute atomic E-state index is 0.247. The summed E-state index contributed by atoms with van der Waals surface area (Å²) in [6.07, 6.45) is 4.14. The number of nitrogens with zero attached hydrogens (tertiary/aromatic N) is 3. The zero-order valence-electron chi connectivity index (χ0n) is 13.3. The lowest BCUT2D eigenvalue weighted by Crippen LogP contribution is -2.46. The topological polar surface area (TPSA) is 50.9 Å². The number of hydrogen-bond acceptors (Lipinski definition) is 3. The second-order valence-corrected chi connectivity index (χ2v) is 12.1. The van der Waals surface area contributed by atoms with Gasteiger partial charge in [-0.25, -0.2) is 9.67 Å². The third-order valence-corrected chi connectivity index (χ3v) is 7.15. The number of aliphatic hydroxyl groups is 1. The SMILES string of the molecule is CCC(C(O)(Cn1cncn1)c1ccccc1)[Si](C)(C)C. The molecule has 2 atom stereocenters. The molecule has 1 heterocycles. The van der Waals surface area contributed by atoms with Crippen LogP contribution in [0.4, 0.5) is 0 Å². The maximum absolute atomic E-state index is 11.6. The average Bonchev–Trinajstić information content (AvgIpc) is 2.91. The summed E-state index contributed by atoms with van der Waals surface area (Å²) in [6, 6.07) is 9.98. The van der Waals surface area contributed by atoms with Gasteiger partial charge < -0.3 is 5.11 Å². The Kier molecular flexibility index (Phi) is 4.63. The maximum Gasteiger partial charge on any atom is 0.137 e. The first-order valence-electron chi connectivity index (χ1n) is 7.48. The lowest BCUT2D eigenvalue weighted by atomic mass is 9.88. The van der Waals surface area contributed by atoms with Gasteiger partial charge >= 0.3 is 0 Å². The summed E-state index contributed by atoms with van der Waals surface area (Å²) < 4.78 is 1.73. The number of aromatic nitrogens is 3. The molecule has 1 N–H and O–H groups in total. The molecule has 114 valence electrons. The summed E-state index contributed by atoms with van der Waals surface area (Å²) in [5.41, 5.74) is 0.306. The van der Waals surface area contributed by atoms with Crippen LogP contribution in [0.15, 0.2) is 43.0 Å². The Bertz CT molecular complexity index is 551. The third-order valence-electron chi connectivity index (χ3n) is 4.17. The molecular formula is C16H25N3OSi. The zero-order chi connectivity index (χ0) is 15.5. The van der Waals surface area contributed by atoms with Gasteiger partial charge in [0.25, 0.3) is 0 Å². The van der Waals surface area contributed by atoms with Crippen LogP contribution in [0, 0.1) is 0 Å². The first-order chi connectivity index (χ1) is 9.88. The fourth-order valence-corrected chi connectivity index (χ4v) is 6.27. The van der Waals surface area contributed by atoms with Gasteiger partial charge in [0.15, 0.2) is 0 Å². The Balaban J connectivity index is 2.47. The van der Waals surface area contributed by atoms with Gasteiger partial charge in [0.1, 0.15) is 18.3 Å². The van der Waals surface area contributed by atoms with Crippen LogP contribution in [0.2, 0.25) is 25.2 Å². The molecule has 0 bridgehead atoms. The van der Waals surface area contributed by atoms with E-state index in [1.165, 1.54) is 6.33 Å². The average molecular weight is 303 g/mol. The van der Waals surface area contributed by atoms with Gasteiger partial charge in [-0.15, -0.1) is 0 Å². The highest BCUT2D eigenvalue weighted by Gasteiger charge is 2.44. The Hall–Kier alpha value is -1.46. The summed E-state index contributed by atoms with van der Waals surface area (Å²) in [5.74, 6) is 0. The van der Waals surface area contributed by atoms with E-state index in [-0.39, 0.29) is 5.54 Å². The Labute approximate surface area is 127 Å². The molecular weight excluding hydrogens is 278 g/mol. The molecule has 0 amide bonds. The van der Waals surface area contributed by atoms with E-state index in [0.717, 1.165) is 12.0 Å². The molecule has 0 saturated heterocycles. The van der Waals surface area contributed by atoms with Gasteiger partial charge in [0.2, 0.25) is 0 Å². The van der Waals surface area contributed by atoms with Crippen LogP contribution in [0.1, 0.15) is 18.9 Å². The van der Waals surface area contributed by atoms with Crippen molar-refractivity contribution in [2.24, 2.45) is 0 Å². The first-order valence-corrected chi connectivity index (χ1v) is 11.1. The molecule has 0 spiro atoms. The van der Waals surface area contributed by atoms with Gasteiger partial charge in [0.05, 0.1) is 14.6 Å². The summed E-state index contributed by atoms with van der Waals surface area (Å²) in [7, 11) is -1.55. The Morgan fingerprint density at radius 1 is 1.24 bits per heavy atom. The van der Waals surface area contributed by atoms with Gasteiger partial charge in [-0.2, -0.15) is 5.10 Å². The first kappa shape index (κ1) is 15.9. The van der Waals surface area contributed by atoms with E-state index < -0.39 is 13.7 Å². The summed E-state index contributed by atoms with van der Waals surface area (Å²) in [5, 5.41) is 15.8. The fraction of sp³-hybridized carbons (Fsp3) is 0.500. The Morgan fingerprint density at radius 3 is 2.38 bits per heavy atom. The standard InChI is InChI=1S/C16H25N3OSi/c1-5-15(21(2,3)4)16(20,11-19-13-17-12-18-19)14-9-7-6-8-10-14/h6-10,12-13,15,20H,5,11H2,1-4H3. The lowest BCUT2D eigenvalue weighted by Gasteiger charge is -2.42. The Morgan fingerprint density at radius 2 is 1.90 bits per heavy atom. The molecule has 1 aromatic carbocycles. The van der Waals surface area contributed by atoms with Crippen molar-refractivity contribution in [3.05, 3.63) is 48.5 Å². The van der Waals surface area contributed by atoms with Crippen molar-refractivity contribution in [3.8, 4) is 0 Å². The van der Waals surface area contributed by atoms with E-state index in [2.05, 4.69) is 36.6 Å². The van der Waals surface area contributed by atoms with Crippen molar-refractivity contribution in [1.29, 1.82) is 0 Å². The monoisotopic (exact) mass is 303 g/mol. The van der Waals surface area contributed by atoms with E-state index in [4.69, 9.17) is 0 Å². The van der Waals surface area contributed by atoms with Crippen molar-refractivity contribution in [1.82, 2.24) is 14.8 Å². The highest BCUT2D eigenvalue weighted by molar-refractivity contribution is 6.77. The third kappa shape index (κ3) is 3.41. The normalized spacial score (nSPS) is 16.4. The lowest BCUT2D eigenvalue weighted by molar-refractivity contribution is 0.00366. The molecule has 21 heavy (non-hydrogen) atoms. The minimum atomic E-state index is -1.55. The van der Waals surface area contributed by atoms with Crippen molar-refractivity contribution in [2.45, 2.75) is 50.7 Å². The number of benzene rings is 1. The van der Waals surface area contributed by atoms with Crippen molar-refractivity contribution in [2.75, 3.05) is 0 Å². The predicted octanol–water partition coefficient (Wildman–Crippen LogP) is 3.28. The number of rotatable bonds is 6. The zero-order valence-corrected chi connectivity index (χ0v) is 14.3. The molecule has 0 radical (unpaired) electrons. The van der Waals surface area contributed by atoms with Crippen LogP contribution >= 0.6 is 0 Å². The van der Waals surface area contributed by atoms with Gasteiger partial charge in [0, 0.05) is 0 Å². The number of hydrogen-bond donors (Lipinski definition) is 1. The molecule has 4 nitrogen and oxygen atoms in total. The minimum Gasteiger partial charge on any atom is -0.383 e. The van der Waals surface area contributed by atoms with E-state index in [9.17, 15) is 5.11 Å². The van der Waals surface area contributed by atoms with Crippen LogP contribution in [-0.4, -0.2) is 27.9 Å². The maximum atomic E-state index is 11.6. The van der Waals surface area contributed by atoms with E-state index in [1.807, 2.05) is 30.3 Å². The molecule has 0 aliphatic heterocycles. The van der Waals surface area contributed by atoms with Crippen LogP contribution in [0.5, 0.6) is 0 Å². The van der Waals surface area contributed by atoms with Gasteiger partial charge in [-0.3, -0.25) is 0 Å². The highest BCUT2D eigenvalue weighted by atomic mass is 28.3. The summed E-state index contributed by atoms with van der Waals surface area (Å²) >= 11 is 0. The quantitative estimate of drug-likeness (QED) is 0.833. The van der Waals surface area contributed by atoms with E-state index in [1.54, 1.807) is 11.0 Å². The summed E-state index contributed by atoms with van der Waals surface area (Å²) in [6.45, 7) is 9.56.